The molecule has 0 fully saturated rings. The van der Waals surface area contributed by atoms with E-state index in [2.05, 4.69) is 48.7 Å². The largest absolute Gasteiger partial charge is 0.486 e. The van der Waals surface area contributed by atoms with Crippen LogP contribution in [0.3, 0.4) is 0 Å². The van der Waals surface area contributed by atoms with Gasteiger partial charge in [-0.25, -0.2) is 0 Å². The van der Waals surface area contributed by atoms with Crippen LogP contribution < -0.4 is 20.1 Å². The summed E-state index contributed by atoms with van der Waals surface area (Å²) in [5.74, 6) is 2.12. The molecule has 1 heterocycles. The molecule has 0 amide bonds. The molecular weight excluding hydrogens is 344 g/mol. The van der Waals surface area contributed by atoms with Crippen molar-refractivity contribution in [3.8, 4) is 11.5 Å². The number of fused-ring (bicyclic) bond motifs is 1. The molecule has 0 atom stereocenters. The lowest BCUT2D eigenvalue weighted by Crippen LogP contribution is -2.29. The molecule has 0 aliphatic carbocycles. The fourth-order valence-corrected chi connectivity index (χ4v) is 3.08. The molecule has 1 aliphatic heterocycles. The number of anilines is 1. The first-order valence-electron chi connectivity index (χ1n) is 9.15. The molecule has 2 N–H and O–H groups in total. The maximum atomic E-state index is 5.59. The van der Waals surface area contributed by atoms with E-state index in [0.29, 0.717) is 24.2 Å². The van der Waals surface area contributed by atoms with Crippen LogP contribution in [0.15, 0.2) is 42.5 Å². The Bertz CT molecular complexity index is 744. The Labute approximate surface area is 160 Å². The molecule has 0 radical (unpaired) electrons. The van der Waals surface area contributed by atoms with Crippen molar-refractivity contribution in [2.45, 2.75) is 32.6 Å². The molecule has 138 valence electrons. The summed E-state index contributed by atoms with van der Waals surface area (Å²) in [6.45, 7) is 6.45. The number of ether oxygens (including phenoxy) is 2. The van der Waals surface area contributed by atoms with Crippen LogP contribution in [0, 0.1) is 0 Å². The van der Waals surface area contributed by atoms with Crippen molar-refractivity contribution in [1.29, 1.82) is 0 Å². The van der Waals surface area contributed by atoms with Gasteiger partial charge in [-0.1, -0.05) is 38.1 Å². The highest BCUT2D eigenvalue weighted by Gasteiger charge is 2.12. The summed E-state index contributed by atoms with van der Waals surface area (Å²) in [5.41, 5.74) is 3.65. The number of rotatable bonds is 6. The van der Waals surface area contributed by atoms with Gasteiger partial charge in [0.15, 0.2) is 16.6 Å². The zero-order chi connectivity index (χ0) is 18.4. The van der Waals surface area contributed by atoms with Gasteiger partial charge in [0.05, 0.1) is 0 Å². The second kappa shape index (κ2) is 8.90. The minimum Gasteiger partial charge on any atom is -0.486 e. The van der Waals surface area contributed by atoms with Gasteiger partial charge in [-0.05, 0) is 54.2 Å². The molecule has 0 bridgehead atoms. The molecule has 0 spiro atoms. The van der Waals surface area contributed by atoms with E-state index in [1.807, 2.05) is 18.2 Å². The normalized spacial score (nSPS) is 12.7. The number of aryl methyl sites for hydroxylation is 1. The van der Waals surface area contributed by atoms with E-state index < -0.39 is 0 Å². The molecule has 2 aromatic carbocycles. The monoisotopic (exact) mass is 370 g/mol. The summed E-state index contributed by atoms with van der Waals surface area (Å²) in [6, 6.07) is 14.7. The van der Waals surface area contributed by atoms with Crippen molar-refractivity contribution in [1.82, 2.24) is 5.32 Å². The molecule has 4 nitrogen and oxygen atoms in total. The molecule has 0 unspecified atom stereocenters. The van der Waals surface area contributed by atoms with Crippen LogP contribution >= 0.6 is 12.2 Å². The number of benzene rings is 2. The van der Waals surface area contributed by atoms with Crippen LogP contribution in [0.2, 0.25) is 0 Å². The molecule has 0 aromatic heterocycles. The van der Waals surface area contributed by atoms with E-state index in [4.69, 9.17) is 21.7 Å². The topological polar surface area (TPSA) is 42.5 Å². The first kappa shape index (κ1) is 18.5. The lowest BCUT2D eigenvalue weighted by molar-refractivity contribution is 0.171. The van der Waals surface area contributed by atoms with Gasteiger partial charge < -0.3 is 20.1 Å². The number of hydrogen-bond acceptors (Lipinski definition) is 3. The maximum Gasteiger partial charge on any atom is 0.170 e. The molecule has 26 heavy (non-hydrogen) atoms. The summed E-state index contributed by atoms with van der Waals surface area (Å²) in [5, 5.41) is 7.08. The van der Waals surface area contributed by atoms with Crippen molar-refractivity contribution in [3.63, 3.8) is 0 Å². The summed E-state index contributed by atoms with van der Waals surface area (Å²) in [4.78, 5) is 0. The van der Waals surface area contributed by atoms with Gasteiger partial charge in [-0.15, -0.1) is 0 Å². The molecule has 2 aromatic rings. The molecule has 5 heteroatoms. The van der Waals surface area contributed by atoms with Gasteiger partial charge in [0, 0.05) is 18.3 Å². The highest BCUT2D eigenvalue weighted by molar-refractivity contribution is 7.80. The Balaban J connectivity index is 1.40. The van der Waals surface area contributed by atoms with E-state index >= 15 is 0 Å². The predicted octanol–water partition coefficient (Wildman–Crippen LogP) is 4.50. The number of hydrogen-bond donors (Lipinski definition) is 2. The average molecular weight is 371 g/mol. The van der Waals surface area contributed by atoms with Crippen LogP contribution in [0.4, 0.5) is 5.69 Å². The van der Waals surface area contributed by atoms with Crippen LogP contribution in [0.25, 0.3) is 0 Å². The minimum absolute atomic E-state index is 0.578. The number of nitrogens with one attached hydrogen (secondary N) is 2. The molecular formula is C21H26N2O2S. The van der Waals surface area contributed by atoms with E-state index in [-0.39, 0.29) is 0 Å². The first-order valence-corrected chi connectivity index (χ1v) is 9.56. The Morgan fingerprint density at radius 1 is 1.04 bits per heavy atom. The van der Waals surface area contributed by atoms with E-state index in [9.17, 15) is 0 Å². The molecule has 3 rings (SSSR count). The summed E-state index contributed by atoms with van der Waals surface area (Å²) in [6.07, 6.45) is 2.07. The van der Waals surface area contributed by atoms with Gasteiger partial charge >= 0.3 is 0 Å². The van der Waals surface area contributed by atoms with Crippen LogP contribution in [-0.2, 0) is 6.42 Å². The van der Waals surface area contributed by atoms with Gasteiger partial charge in [-0.3, -0.25) is 0 Å². The van der Waals surface area contributed by atoms with Gasteiger partial charge in [0.1, 0.15) is 13.2 Å². The lowest BCUT2D eigenvalue weighted by atomic mass is 10.0. The standard InChI is InChI=1S/C21H26N2O2S/c1-15(2)17-7-5-16(6-8-17)4-3-11-22-21(26)23-18-9-10-19-20(14-18)25-13-12-24-19/h5-10,14-15H,3-4,11-13H2,1-2H3,(H2,22,23,26). The van der Waals surface area contributed by atoms with E-state index in [0.717, 1.165) is 36.6 Å². The Kier molecular flexibility index (Phi) is 6.34. The minimum atomic E-state index is 0.578. The second-order valence-corrected chi connectivity index (χ2v) is 7.15. The van der Waals surface area contributed by atoms with E-state index in [1.165, 1.54) is 11.1 Å². The Morgan fingerprint density at radius 2 is 1.77 bits per heavy atom. The molecule has 0 saturated heterocycles. The average Bonchev–Trinajstić information content (AvgIpc) is 2.65. The summed E-state index contributed by atoms with van der Waals surface area (Å²) >= 11 is 5.37. The quantitative estimate of drug-likeness (QED) is 0.579. The molecule has 0 saturated carbocycles. The van der Waals surface area contributed by atoms with Gasteiger partial charge in [0.25, 0.3) is 0 Å². The van der Waals surface area contributed by atoms with Crippen LogP contribution in [0.5, 0.6) is 11.5 Å². The van der Waals surface area contributed by atoms with Crippen LogP contribution in [0.1, 0.15) is 37.3 Å². The molecule has 1 aliphatic rings. The SMILES string of the molecule is CC(C)c1ccc(CCCNC(=S)Nc2ccc3c(c2)OCCO3)cc1. The van der Waals surface area contributed by atoms with E-state index in [1.54, 1.807) is 0 Å². The lowest BCUT2D eigenvalue weighted by Gasteiger charge is -2.19. The van der Waals surface area contributed by atoms with Gasteiger partial charge in [0.2, 0.25) is 0 Å². The van der Waals surface area contributed by atoms with Crippen LogP contribution in [-0.4, -0.2) is 24.9 Å². The third-order valence-corrected chi connectivity index (χ3v) is 4.62. The highest BCUT2D eigenvalue weighted by atomic mass is 32.1. The Hall–Kier alpha value is -2.27. The predicted molar refractivity (Wildman–Crippen MR) is 111 cm³/mol. The van der Waals surface area contributed by atoms with Crippen molar-refractivity contribution >= 4 is 23.0 Å². The fourth-order valence-electron chi connectivity index (χ4n) is 2.86. The summed E-state index contributed by atoms with van der Waals surface area (Å²) in [7, 11) is 0. The zero-order valence-corrected chi connectivity index (χ0v) is 16.2. The Morgan fingerprint density at radius 3 is 2.50 bits per heavy atom. The summed E-state index contributed by atoms with van der Waals surface area (Å²) < 4.78 is 11.1. The van der Waals surface area contributed by atoms with Crippen molar-refractivity contribution in [2.75, 3.05) is 25.1 Å². The second-order valence-electron chi connectivity index (χ2n) is 6.74. The highest BCUT2D eigenvalue weighted by Crippen LogP contribution is 2.32. The van der Waals surface area contributed by atoms with Crippen molar-refractivity contribution in [3.05, 3.63) is 53.6 Å². The fraction of sp³-hybridized carbons (Fsp3) is 0.381. The zero-order valence-electron chi connectivity index (χ0n) is 15.4. The third kappa shape index (κ3) is 5.11. The maximum absolute atomic E-state index is 5.59. The smallest absolute Gasteiger partial charge is 0.170 e. The third-order valence-electron chi connectivity index (χ3n) is 4.37. The van der Waals surface area contributed by atoms with Crippen molar-refractivity contribution < 1.29 is 9.47 Å². The van der Waals surface area contributed by atoms with Gasteiger partial charge in [-0.2, -0.15) is 0 Å². The number of thiocarbonyl (C=S) groups is 1. The first-order chi connectivity index (χ1) is 12.6. The van der Waals surface area contributed by atoms with Crippen molar-refractivity contribution in [2.24, 2.45) is 0 Å².